The molecular formula is C13H11BrN2O4S. The van der Waals surface area contributed by atoms with Crippen LogP contribution in [0.2, 0.25) is 0 Å². The predicted molar refractivity (Wildman–Crippen MR) is 81.3 cm³/mol. The van der Waals surface area contributed by atoms with E-state index in [-0.39, 0.29) is 23.8 Å². The Morgan fingerprint density at radius 2 is 2.24 bits per heavy atom. The molecule has 0 spiro atoms. The number of aromatic hydroxyl groups is 1. The molecule has 6 nitrogen and oxygen atoms in total. The monoisotopic (exact) mass is 370 g/mol. The minimum atomic E-state index is -0.650. The zero-order chi connectivity index (χ0) is 15.4. The normalized spacial score (nSPS) is 10.2. The Morgan fingerprint density at radius 1 is 1.48 bits per heavy atom. The van der Waals surface area contributed by atoms with E-state index in [1.165, 1.54) is 30.4 Å². The van der Waals surface area contributed by atoms with E-state index in [4.69, 9.17) is 4.74 Å². The molecule has 8 heteroatoms. The topological polar surface area (TPSA) is 88.5 Å². The van der Waals surface area contributed by atoms with Gasteiger partial charge in [0, 0.05) is 16.8 Å². The first-order valence-corrected chi connectivity index (χ1v) is 7.50. The maximum atomic E-state index is 11.9. The molecule has 2 N–H and O–H groups in total. The number of nitrogens with one attached hydrogen (secondary N) is 1. The molecule has 0 saturated heterocycles. The molecule has 0 aliphatic carbocycles. The fourth-order valence-corrected chi connectivity index (χ4v) is 2.57. The van der Waals surface area contributed by atoms with Gasteiger partial charge in [-0.15, -0.1) is 11.3 Å². The van der Waals surface area contributed by atoms with Crippen LogP contribution in [-0.2, 0) is 16.1 Å². The highest BCUT2D eigenvalue weighted by molar-refractivity contribution is 9.10. The Kier molecular flexibility index (Phi) is 4.92. The third kappa shape index (κ3) is 4.27. The Bertz CT molecular complexity index is 687. The molecule has 0 saturated carbocycles. The first-order chi connectivity index (χ1) is 9.95. The van der Waals surface area contributed by atoms with E-state index in [0.29, 0.717) is 15.3 Å². The summed E-state index contributed by atoms with van der Waals surface area (Å²) in [4.78, 5) is 26.9. The number of hydrogen-bond donors (Lipinski definition) is 2. The minimum Gasteiger partial charge on any atom is -0.507 e. The Balaban J connectivity index is 1.99. The number of ether oxygens (including phenoxy) is 1. The third-order valence-electron chi connectivity index (χ3n) is 2.36. The Labute approximate surface area is 132 Å². The first kappa shape index (κ1) is 15.5. The average Bonchev–Trinajstić information content (AvgIpc) is 2.85. The van der Waals surface area contributed by atoms with Gasteiger partial charge in [0.2, 0.25) is 5.91 Å². The number of aromatic nitrogens is 1. The second-order valence-corrected chi connectivity index (χ2v) is 5.84. The lowest BCUT2D eigenvalue weighted by molar-refractivity contribution is -0.114. The van der Waals surface area contributed by atoms with Gasteiger partial charge in [-0.1, -0.05) is 15.9 Å². The number of esters is 1. The fraction of sp³-hybridized carbons (Fsp3) is 0.154. The van der Waals surface area contributed by atoms with Crippen molar-refractivity contribution in [2.45, 2.75) is 13.5 Å². The van der Waals surface area contributed by atoms with Crippen LogP contribution >= 0.6 is 27.3 Å². The van der Waals surface area contributed by atoms with Crippen molar-refractivity contribution in [2.24, 2.45) is 0 Å². The van der Waals surface area contributed by atoms with Gasteiger partial charge in [0.05, 0.1) is 5.69 Å². The molecule has 0 atom stereocenters. The van der Waals surface area contributed by atoms with Crippen LogP contribution in [0.15, 0.2) is 28.1 Å². The lowest BCUT2D eigenvalue weighted by Gasteiger charge is -2.05. The van der Waals surface area contributed by atoms with Crippen LogP contribution in [-0.4, -0.2) is 22.0 Å². The van der Waals surface area contributed by atoms with E-state index < -0.39 is 5.97 Å². The summed E-state index contributed by atoms with van der Waals surface area (Å²) in [6.07, 6.45) is 0. The van der Waals surface area contributed by atoms with E-state index in [2.05, 4.69) is 26.2 Å². The van der Waals surface area contributed by atoms with Crippen molar-refractivity contribution in [2.75, 3.05) is 5.32 Å². The summed E-state index contributed by atoms with van der Waals surface area (Å²) in [6.45, 7) is 1.35. The average molecular weight is 371 g/mol. The van der Waals surface area contributed by atoms with Gasteiger partial charge in [-0.2, -0.15) is 0 Å². The predicted octanol–water partition coefficient (Wildman–Crippen LogP) is 2.93. The highest BCUT2D eigenvalue weighted by Crippen LogP contribution is 2.23. The van der Waals surface area contributed by atoms with Gasteiger partial charge >= 0.3 is 5.97 Å². The van der Waals surface area contributed by atoms with Crippen LogP contribution in [0.3, 0.4) is 0 Å². The summed E-state index contributed by atoms with van der Waals surface area (Å²) in [6, 6.07) is 4.49. The van der Waals surface area contributed by atoms with Gasteiger partial charge in [0.1, 0.15) is 17.9 Å². The lowest BCUT2D eigenvalue weighted by Crippen LogP contribution is -2.07. The molecule has 1 aromatic carbocycles. The molecule has 110 valence electrons. The SMILES string of the molecule is CC(=O)Nc1nc(COC(=O)c2cc(Br)ccc2O)cs1. The van der Waals surface area contributed by atoms with Crippen LogP contribution in [0, 0.1) is 0 Å². The van der Waals surface area contributed by atoms with Crippen molar-refractivity contribution < 1.29 is 19.4 Å². The van der Waals surface area contributed by atoms with Crippen LogP contribution in [0.4, 0.5) is 5.13 Å². The van der Waals surface area contributed by atoms with Crippen LogP contribution in [0.25, 0.3) is 0 Å². The van der Waals surface area contributed by atoms with E-state index in [1.807, 2.05) is 0 Å². The number of amides is 1. The highest BCUT2D eigenvalue weighted by Gasteiger charge is 2.14. The highest BCUT2D eigenvalue weighted by atomic mass is 79.9. The molecule has 1 amide bonds. The number of phenols is 1. The van der Waals surface area contributed by atoms with Crippen molar-refractivity contribution in [3.05, 3.63) is 39.3 Å². The quantitative estimate of drug-likeness (QED) is 0.807. The summed E-state index contributed by atoms with van der Waals surface area (Å²) >= 11 is 4.46. The van der Waals surface area contributed by atoms with Crippen LogP contribution < -0.4 is 5.32 Å². The zero-order valence-electron chi connectivity index (χ0n) is 10.9. The van der Waals surface area contributed by atoms with E-state index in [1.54, 1.807) is 11.4 Å². The van der Waals surface area contributed by atoms with Gasteiger partial charge in [-0.3, -0.25) is 4.79 Å². The smallest absolute Gasteiger partial charge is 0.342 e. The van der Waals surface area contributed by atoms with Gasteiger partial charge in [0.15, 0.2) is 5.13 Å². The van der Waals surface area contributed by atoms with E-state index >= 15 is 0 Å². The number of benzene rings is 1. The largest absolute Gasteiger partial charge is 0.507 e. The molecule has 0 bridgehead atoms. The van der Waals surface area contributed by atoms with Crippen molar-refractivity contribution in [1.82, 2.24) is 4.98 Å². The van der Waals surface area contributed by atoms with Crippen molar-refractivity contribution in [3.8, 4) is 5.75 Å². The number of thiazole rings is 1. The number of rotatable bonds is 4. The second kappa shape index (κ2) is 6.68. The Morgan fingerprint density at radius 3 is 2.95 bits per heavy atom. The van der Waals surface area contributed by atoms with E-state index in [9.17, 15) is 14.7 Å². The standard InChI is InChI=1S/C13H11BrN2O4S/c1-7(17)15-13-16-9(6-21-13)5-20-12(19)10-4-8(14)2-3-11(10)18/h2-4,6,18H,5H2,1H3,(H,15,16,17). The van der Waals surface area contributed by atoms with Crippen LogP contribution in [0.5, 0.6) is 5.75 Å². The summed E-state index contributed by atoms with van der Waals surface area (Å²) in [7, 11) is 0. The van der Waals surface area contributed by atoms with Gasteiger partial charge in [0.25, 0.3) is 0 Å². The number of halogens is 1. The number of anilines is 1. The van der Waals surface area contributed by atoms with Gasteiger partial charge in [-0.25, -0.2) is 9.78 Å². The maximum Gasteiger partial charge on any atom is 0.342 e. The molecule has 0 fully saturated rings. The van der Waals surface area contributed by atoms with Gasteiger partial charge in [-0.05, 0) is 18.2 Å². The van der Waals surface area contributed by atoms with E-state index in [0.717, 1.165) is 0 Å². The minimum absolute atomic E-state index is 0.0408. The third-order valence-corrected chi connectivity index (χ3v) is 3.66. The summed E-state index contributed by atoms with van der Waals surface area (Å²) in [5.74, 6) is -1.02. The maximum absolute atomic E-state index is 11.9. The molecule has 2 rings (SSSR count). The molecule has 21 heavy (non-hydrogen) atoms. The number of phenolic OH excluding ortho intramolecular Hbond substituents is 1. The molecular weight excluding hydrogens is 360 g/mol. The molecule has 0 aliphatic heterocycles. The molecule has 0 unspecified atom stereocenters. The number of hydrogen-bond acceptors (Lipinski definition) is 6. The summed E-state index contributed by atoms with van der Waals surface area (Å²) < 4.78 is 5.74. The summed E-state index contributed by atoms with van der Waals surface area (Å²) in [5.41, 5.74) is 0.591. The fourth-order valence-electron chi connectivity index (χ4n) is 1.47. The van der Waals surface area contributed by atoms with Crippen molar-refractivity contribution in [3.63, 3.8) is 0 Å². The molecule has 0 radical (unpaired) electrons. The van der Waals surface area contributed by atoms with Crippen LogP contribution in [0.1, 0.15) is 23.0 Å². The van der Waals surface area contributed by atoms with Crippen molar-refractivity contribution in [1.29, 1.82) is 0 Å². The molecule has 0 aliphatic rings. The van der Waals surface area contributed by atoms with Crippen molar-refractivity contribution >= 4 is 44.3 Å². The molecule has 1 heterocycles. The Hall–Kier alpha value is -1.93. The first-order valence-electron chi connectivity index (χ1n) is 5.83. The number of carbonyl (C=O) groups excluding carboxylic acids is 2. The number of nitrogens with zero attached hydrogens (tertiary/aromatic N) is 1. The zero-order valence-corrected chi connectivity index (χ0v) is 13.3. The summed E-state index contributed by atoms with van der Waals surface area (Å²) in [5, 5.41) is 14.3. The number of carbonyl (C=O) groups is 2. The molecule has 2 aromatic rings. The molecule has 1 aromatic heterocycles. The lowest BCUT2D eigenvalue weighted by atomic mass is 10.2. The second-order valence-electron chi connectivity index (χ2n) is 4.06. The van der Waals surface area contributed by atoms with Gasteiger partial charge < -0.3 is 15.2 Å².